The second-order valence-corrected chi connectivity index (χ2v) is 25.7. The molecule has 64 heavy (non-hydrogen) atoms. The van der Waals surface area contributed by atoms with Crippen LogP contribution in [0.3, 0.4) is 0 Å². The Labute approximate surface area is 406 Å². The van der Waals surface area contributed by atoms with Crippen LogP contribution in [0.15, 0.2) is 0 Å². The van der Waals surface area contributed by atoms with Gasteiger partial charge >= 0.3 is 18.9 Å². The molecule has 6 unspecified atom stereocenters. The Kier molecular flexibility index (Phi) is 12.9. The number of ketones is 1. The predicted molar refractivity (Wildman–Crippen MR) is 242 cm³/mol. The largest absolute Gasteiger partial charge is 1.00 e. The van der Waals surface area contributed by atoms with Crippen LogP contribution in [-0.4, -0.2) is 107 Å². The molecule has 10 nitrogen and oxygen atoms in total. The van der Waals surface area contributed by atoms with E-state index in [1.54, 1.807) is 28.4 Å². The maximum Gasteiger partial charge on any atom is 1.00 e. The molecule has 0 spiro atoms. The van der Waals surface area contributed by atoms with E-state index in [-0.39, 0.29) is 66.7 Å². The fourth-order valence-corrected chi connectivity index (χ4v) is 20.1. The van der Waals surface area contributed by atoms with Crippen molar-refractivity contribution < 1.29 is 69.6 Å². The molecule has 12 fully saturated rings. The van der Waals surface area contributed by atoms with Crippen LogP contribution >= 0.6 is 15.9 Å². The maximum absolute atomic E-state index is 12.9. The average molecular weight is 956 g/mol. The van der Waals surface area contributed by atoms with Crippen molar-refractivity contribution in [3.63, 3.8) is 0 Å². The summed E-state index contributed by atoms with van der Waals surface area (Å²) in [4.78, 5) is 12.9. The van der Waals surface area contributed by atoms with Gasteiger partial charge in [0.25, 0.3) is 0 Å². The first-order valence-electron chi connectivity index (χ1n) is 25.6. The number of aliphatic hydroxyl groups excluding tert-OH is 2. The summed E-state index contributed by atoms with van der Waals surface area (Å²) < 4.78 is 20.7. The van der Waals surface area contributed by atoms with Crippen molar-refractivity contribution in [1.82, 2.24) is 0 Å². The van der Waals surface area contributed by atoms with E-state index in [4.69, 9.17) is 18.9 Å². The van der Waals surface area contributed by atoms with E-state index in [9.17, 15) is 30.3 Å². The first-order chi connectivity index (χ1) is 29.8. The minimum atomic E-state index is -0.688. The Morgan fingerprint density at radius 2 is 1.08 bits per heavy atom. The third-order valence-electron chi connectivity index (χ3n) is 23.0. The van der Waals surface area contributed by atoms with E-state index in [0.29, 0.717) is 101 Å². The number of ether oxygens (including phenoxy) is 4. The van der Waals surface area contributed by atoms with Gasteiger partial charge in [0, 0.05) is 70.8 Å². The number of hydrogen-bond acceptors (Lipinski definition) is 10. The number of aliphatic hydroxyl groups is 5. The van der Waals surface area contributed by atoms with Crippen molar-refractivity contribution in [1.29, 1.82) is 0 Å². The number of hydrogen-bond donors (Lipinski definition) is 5. The van der Waals surface area contributed by atoms with Gasteiger partial charge in [-0.1, -0.05) is 43.6 Å². The van der Waals surface area contributed by atoms with E-state index in [0.717, 1.165) is 95.2 Å². The van der Waals surface area contributed by atoms with E-state index < -0.39 is 16.8 Å². The molecule has 23 atom stereocenters. The molecule has 12 heteroatoms. The third-order valence-corrected chi connectivity index (χ3v) is 23.5. The summed E-state index contributed by atoms with van der Waals surface area (Å²) in [6.45, 7) is 9.34. The number of rotatable bonds is 9. The van der Waals surface area contributed by atoms with Gasteiger partial charge in [-0.15, -0.1) is 0 Å². The maximum atomic E-state index is 12.9. The molecular weight excluding hydrogens is 871 g/mol. The van der Waals surface area contributed by atoms with Crippen LogP contribution in [0.5, 0.6) is 0 Å². The molecule has 0 aromatic rings. The van der Waals surface area contributed by atoms with Crippen LogP contribution < -0.4 is 18.9 Å². The molecule has 5 N–H and O–H groups in total. The van der Waals surface area contributed by atoms with Crippen molar-refractivity contribution in [2.24, 2.45) is 105 Å². The molecule has 360 valence electrons. The van der Waals surface area contributed by atoms with Gasteiger partial charge < -0.3 is 45.9 Å². The van der Waals surface area contributed by atoms with Crippen LogP contribution in [0.1, 0.15) is 138 Å². The molecular formula is C52H84BrLiO10. The summed E-state index contributed by atoms with van der Waals surface area (Å²) in [6, 6.07) is 0. The van der Waals surface area contributed by atoms with Crippen LogP contribution in [0, 0.1) is 105 Å². The number of carbonyl (C=O) groups excluding carboxylic acids is 1. The van der Waals surface area contributed by atoms with Crippen molar-refractivity contribution in [2.75, 3.05) is 33.8 Å². The minimum absolute atomic E-state index is 0. The van der Waals surface area contributed by atoms with E-state index in [2.05, 4.69) is 43.6 Å². The van der Waals surface area contributed by atoms with E-state index in [1.165, 1.54) is 6.42 Å². The molecule has 0 amide bonds. The molecule has 0 aliphatic heterocycles. The first-order valence-corrected chi connectivity index (χ1v) is 26.7. The van der Waals surface area contributed by atoms with Gasteiger partial charge in [0.05, 0.1) is 29.0 Å². The molecule has 12 rings (SSSR count). The smallest absolute Gasteiger partial charge is 1.00 e. The molecule has 12 aliphatic carbocycles. The van der Waals surface area contributed by atoms with Gasteiger partial charge in [0.1, 0.15) is 5.78 Å². The van der Waals surface area contributed by atoms with Gasteiger partial charge in [0.15, 0.2) is 12.6 Å². The Hall–Kier alpha value is 0.387. The zero-order valence-electron chi connectivity index (χ0n) is 41.8. The molecule has 0 radical (unpaired) electrons. The Balaban J connectivity index is 0.000000151. The number of fused-ring (bicyclic) bond motifs is 20. The van der Waals surface area contributed by atoms with Crippen molar-refractivity contribution >= 4 is 21.7 Å². The van der Waals surface area contributed by atoms with Crippen molar-refractivity contribution in [3.05, 3.63) is 0 Å². The monoisotopic (exact) mass is 955 g/mol. The van der Waals surface area contributed by atoms with Crippen LogP contribution in [0.25, 0.3) is 0 Å². The summed E-state index contributed by atoms with van der Waals surface area (Å²) in [5.41, 5.74) is -2.20. The summed E-state index contributed by atoms with van der Waals surface area (Å²) in [5, 5.41) is 57.3. The van der Waals surface area contributed by atoms with Crippen molar-refractivity contribution in [2.45, 2.75) is 178 Å². The molecule has 0 bridgehead atoms. The standard InChI is InChI=1S/C26H42O5.C21H30O3.C5H11BrO2.Li.H/c1-23-8-5-14(27)13-26(23,29)18-11-15(18)21-17(23)6-9-24(2)22(21)16-12-19(16)25(24,28)10-7-20(30-3)31-4;1-19-5-4-14-16(17(19)11-7-12(11)18(19)23)13-8-15(13)21(24)9-10(22)3-6-20(14,21)2;1-7-5(8-2)3-4-6;;/h14-22,27-29H,5-13H2,1-4H3;10-17,22,24H,3-9H2,1-2H3;5H,3-4H2,1-2H3;;/q;;;+1;-1/t14-,15-,16+,17?,18+,19-,21?,22?,23+,24-,25-,26+;10-,11+,12-,13-,14?,15+,16?,17?,19-,20+,21+;;;/m00.../s1. The van der Waals surface area contributed by atoms with Gasteiger partial charge in [-0.2, -0.15) is 0 Å². The van der Waals surface area contributed by atoms with Gasteiger partial charge in [0.2, 0.25) is 0 Å². The SMILES string of the molecule is COC(CCBr)OC.COC(CC[C@]1(O)[C@H]2C[C@H]2C2C3C(CC[C@@]21C)[C@@]1(C)CC[C@H](O)C[C@@]1(O)[C@@H]1C[C@H]31)OC.C[C@]12CCC3C(C1[C@@H]1C[C@@H]1C2=O)[C@H]1C[C@H]1[C@]1(O)C[C@@H](O)CC[C@]31C.[H-].[Li+]. The molecule has 0 saturated heterocycles. The summed E-state index contributed by atoms with van der Waals surface area (Å²) in [5.74, 6) is 8.21. The summed E-state index contributed by atoms with van der Waals surface area (Å²) in [6.07, 6.45) is 15.0. The van der Waals surface area contributed by atoms with Gasteiger partial charge in [-0.25, -0.2) is 0 Å². The normalized spacial score (nSPS) is 56.8. The second-order valence-electron chi connectivity index (χ2n) is 24.9. The quantitative estimate of drug-likeness (QED) is 0.126. The Morgan fingerprint density at radius 3 is 1.58 bits per heavy atom. The summed E-state index contributed by atoms with van der Waals surface area (Å²) in [7, 11) is 6.63. The number of halogens is 1. The summed E-state index contributed by atoms with van der Waals surface area (Å²) >= 11 is 3.27. The zero-order valence-corrected chi connectivity index (χ0v) is 42.4. The molecule has 0 aromatic carbocycles. The molecule has 0 heterocycles. The van der Waals surface area contributed by atoms with E-state index >= 15 is 0 Å². The Bertz CT molecular complexity index is 1770. The Morgan fingerprint density at radius 1 is 0.609 bits per heavy atom. The predicted octanol–water partition coefficient (Wildman–Crippen LogP) is 4.64. The third kappa shape index (κ3) is 6.77. The number of alkyl halides is 1. The van der Waals surface area contributed by atoms with E-state index in [1.807, 2.05) is 0 Å². The van der Waals surface area contributed by atoms with Crippen LogP contribution in [-0.2, 0) is 23.7 Å². The molecule has 0 aromatic heterocycles. The topological polar surface area (TPSA) is 155 Å². The second kappa shape index (κ2) is 16.7. The van der Waals surface area contributed by atoms with Gasteiger partial charge in [-0.05, 0) is 177 Å². The fourth-order valence-electron chi connectivity index (χ4n) is 19.7. The van der Waals surface area contributed by atoms with Gasteiger partial charge in [-0.3, -0.25) is 4.79 Å². The minimum Gasteiger partial charge on any atom is -1.00 e. The molecule has 12 saturated carbocycles. The first kappa shape index (κ1) is 49.4. The number of Topliss-reactive ketones (excluding diaryl/α,β-unsaturated/α-hetero) is 1. The number of carbonyl (C=O) groups is 1. The van der Waals surface area contributed by atoms with Crippen molar-refractivity contribution in [3.8, 4) is 0 Å². The zero-order chi connectivity index (χ0) is 45.0. The van der Waals surface area contributed by atoms with Crippen LogP contribution in [0.4, 0.5) is 0 Å². The van der Waals surface area contributed by atoms with Crippen LogP contribution in [0.2, 0.25) is 0 Å². The fraction of sp³-hybridized carbons (Fsp3) is 0.981. The molecule has 12 aliphatic rings. The average Bonchev–Trinajstić information content (AvgIpc) is 4.05. The number of methoxy groups -OCH3 is 4.